The molecule has 10 nitrogen and oxygen atoms in total. The van der Waals surface area contributed by atoms with Crippen molar-refractivity contribution in [1.82, 2.24) is 24.9 Å². The van der Waals surface area contributed by atoms with E-state index < -0.39 is 0 Å². The van der Waals surface area contributed by atoms with Gasteiger partial charge in [-0.15, -0.1) is 0 Å². The van der Waals surface area contributed by atoms with E-state index in [9.17, 15) is 14.4 Å². The maximum absolute atomic E-state index is 12.4. The van der Waals surface area contributed by atoms with E-state index in [1.165, 1.54) is 5.69 Å². The van der Waals surface area contributed by atoms with E-state index in [1.54, 1.807) is 0 Å². The van der Waals surface area contributed by atoms with Crippen LogP contribution < -0.4 is 10.2 Å². The largest absolute Gasteiger partial charge is 0.450 e. The number of carbonyl (C=O) groups excluding carboxylic acids is 3. The van der Waals surface area contributed by atoms with Crippen LogP contribution in [0.25, 0.3) is 10.9 Å². The van der Waals surface area contributed by atoms with Crippen molar-refractivity contribution in [2.75, 3.05) is 57.3 Å². The number of anilines is 1. The number of nitrogens with zero attached hydrogens (tertiary/aromatic N) is 5. The Morgan fingerprint density at radius 1 is 1.08 bits per heavy atom. The van der Waals surface area contributed by atoms with E-state index in [1.807, 2.05) is 23.6 Å². The molecule has 0 radical (unpaired) electrons. The van der Waals surface area contributed by atoms with Crippen molar-refractivity contribution in [2.45, 2.75) is 38.5 Å². The zero-order valence-corrected chi connectivity index (χ0v) is 21.2. The number of imide groups is 1. The fourth-order valence-electron chi connectivity index (χ4n) is 5.75. The van der Waals surface area contributed by atoms with Gasteiger partial charge in [0, 0.05) is 70.4 Å². The first kappa shape index (κ1) is 24.5. The highest BCUT2D eigenvalue weighted by molar-refractivity contribution is 6.02. The minimum absolute atomic E-state index is 0.181. The molecule has 3 amide bonds. The summed E-state index contributed by atoms with van der Waals surface area (Å²) in [6.45, 7) is 8.89. The van der Waals surface area contributed by atoms with Gasteiger partial charge in [-0.25, -0.2) is 4.79 Å². The molecule has 5 rings (SSSR count). The van der Waals surface area contributed by atoms with Crippen molar-refractivity contribution in [1.29, 1.82) is 0 Å². The van der Waals surface area contributed by atoms with Crippen LogP contribution in [0.15, 0.2) is 18.2 Å². The number of carbonyl (C=O) groups is 3. The molecule has 0 saturated carbocycles. The summed E-state index contributed by atoms with van der Waals surface area (Å²) in [5.41, 5.74) is 2.92. The molecule has 1 N–H and O–H groups in total. The summed E-state index contributed by atoms with van der Waals surface area (Å²) < 4.78 is 6.97. The lowest BCUT2D eigenvalue weighted by atomic mass is 9.93. The summed E-state index contributed by atoms with van der Waals surface area (Å²) in [6, 6.07) is 6.36. The molecule has 2 aromatic rings. The Labute approximate surface area is 211 Å². The Morgan fingerprint density at radius 3 is 2.53 bits per heavy atom. The molecule has 0 spiro atoms. The SMILES string of the molecule is CCOC(=O)N1CCC(CN2CCN(c3ccc4c(C5CCC(=O)NC5=O)nn(C)c4c3)CC2)CC1. The number of hydrogen-bond donors (Lipinski definition) is 1. The molecule has 3 fully saturated rings. The quantitative estimate of drug-likeness (QED) is 0.633. The smallest absolute Gasteiger partial charge is 0.409 e. The average Bonchev–Trinajstić information content (AvgIpc) is 3.20. The van der Waals surface area contributed by atoms with E-state index in [-0.39, 0.29) is 23.8 Å². The van der Waals surface area contributed by atoms with Crippen molar-refractivity contribution in [3.63, 3.8) is 0 Å². The number of fused-ring (bicyclic) bond motifs is 1. The number of rotatable bonds is 5. The van der Waals surface area contributed by atoms with Gasteiger partial charge in [0.1, 0.15) is 0 Å². The third-order valence-electron chi connectivity index (χ3n) is 7.83. The van der Waals surface area contributed by atoms with Crippen LogP contribution >= 0.6 is 0 Å². The number of benzene rings is 1. The molecule has 1 unspecified atom stereocenters. The number of piperazine rings is 1. The van der Waals surface area contributed by atoms with Gasteiger partial charge in [-0.2, -0.15) is 5.10 Å². The summed E-state index contributed by atoms with van der Waals surface area (Å²) in [4.78, 5) is 42.7. The van der Waals surface area contributed by atoms with Crippen LogP contribution in [0.3, 0.4) is 0 Å². The van der Waals surface area contributed by atoms with Crippen molar-refractivity contribution < 1.29 is 19.1 Å². The molecule has 4 heterocycles. The van der Waals surface area contributed by atoms with Gasteiger partial charge in [-0.05, 0) is 50.3 Å². The molecule has 1 aromatic heterocycles. The summed E-state index contributed by atoms with van der Waals surface area (Å²) in [6.07, 6.45) is 2.74. The minimum atomic E-state index is -0.384. The number of aromatic nitrogens is 2. The van der Waals surface area contributed by atoms with E-state index >= 15 is 0 Å². The lowest BCUT2D eigenvalue weighted by Gasteiger charge is -2.39. The van der Waals surface area contributed by atoms with Crippen LogP contribution in [0.5, 0.6) is 0 Å². The van der Waals surface area contributed by atoms with Crippen LogP contribution in [-0.4, -0.2) is 89.9 Å². The van der Waals surface area contributed by atoms with E-state index in [2.05, 4.69) is 38.4 Å². The Kier molecular flexibility index (Phi) is 7.13. The van der Waals surface area contributed by atoms with Crippen LogP contribution in [0.2, 0.25) is 0 Å². The van der Waals surface area contributed by atoms with Crippen molar-refractivity contribution in [3.8, 4) is 0 Å². The van der Waals surface area contributed by atoms with Crippen molar-refractivity contribution in [3.05, 3.63) is 23.9 Å². The normalized spacial score (nSPS) is 22.2. The van der Waals surface area contributed by atoms with Gasteiger partial charge in [-0.3, -0.25) is 24.5 Å². The number of amides is 3. The lowest BCUT2D eigenvalue weighted by molar-refractivity contribution is -0.134. The fraction of sp³-hybridized carbons (Fsp3) is 0.615. The molecule has 3 aliphatic heterocycles. The molecular weight excluding hydrogens is 460 g/mol. The first-order chi connectivity index (χ1) is 17.4. The predicted molar refractivity (Wildman–Crippen MR) is 136 cm³/mol. The number of nitrogens with one attached hydrogen (secondary N) is 1. The molecule has 1 atom stereocenters. The van der Waals surface area contributed by atoms with Gasteiger partial charge in [0.25, 0.3) is 0 Å². The Bertz CT molecular complexity index is 1130. The molecule has 194 valence electrons. The first-order valence-electron chi connectivity index (χ1n) is 13.1. The maximum Gasteiger partial charge on any atom is 0.409 e. The zero-order valence-electron chi connectivity index (χ0n) is 21.2. The number of aryl methyl sites for hydroxylation is 1. The van der Waals surface area contributed by atoms with Gasteiger partial charge in [0.05, 0.1) is 23.7 Å². The Balaban J connectivity index is 1.17. The molecule has 1 aromatic carbocycles. The van der Waals surface area contributed by atoms with Crippen LogP contribution in [0, 0.1) is 5.92 Å². The van der Waals surface area contributed by atoms with E-state index in [4.69, 9.17) is 4.74 Å². The second-order valence-electron chi connectivity index (χ2n) is 10.1. The average molecular weight is 497 g/mol. The lowest BCUT2D eigenvalue weighted by Crippen LogP contribution is -2.49. The summed E-state index contributed by atoms with van der Waals surface area (Å²) >= 11 is 0. The molecule has 3 aliphatic rings. The highest BCUT2D eigenvalue weighted by Gasteiger charge is 2.32. The summed E-state index contributed by atoms with van der Waals surface area (Å²) in [7, 11) is 1.91. The molecular formula is C26H36N6O4. The van der Waals surface area contributed by atoms with E-state index in [0.29, 0.717) is 25.4 Å². The summed E-state index contributed by atoms with van der Waals surface area (Å²) in [5, 5.41) is 8.09. The minimum Gasteiger partial charge on any atom is -0.450 e. The molecule has 0 aliphatic carbocycles. The zero-order chi connectivity index (χ0) is 25.2. The topological polar surface area (TPSA) is 100 Å². The van der Waals surface area contributed by atoms with Gasteiger partial charge in [-0.1, -0.05) is 0 Å². The molecule has 0 bridgehead atoms. The number of piperidine rings is 2. The highest BCUT2D eigenvalue weighted by atomic mass is 16.6. The fourth-order valence-corrected chi connectivity index (χ4v) is 5.75. The number of ether oxygens (including phenoxy) is 1. The number of likely N-dealkylation sites (tertiary alicyclic amines) is 1. The Hall–Kier alpha value is -3.14. The van der Waals surface area contributed by atoms with Crippen LogP contribution in [0.1, 0.15) is 44.2 Å². The van der Waals surface area contributed by atoms with Crippen molar-refractivity contribution in [2.24, 2.45) is 13.0 Å². The highest BCUT2D eigenvalue weighted by Crippen LogP contribution is 2.32. The van der Waals surface area contributed by atoms with Crippen LogP contribution in [0.4, 0.5) is 10.5 Å². The summed E-state index contributed by atoms with van der Waals surface area (Å²) in [5.74, 6) is -0.221. The Morgan fingerprint density at radius 2 is 1.83 bits per heavy atom. The molecule has 36 heavy (non-hydrogen) atoms. The van der Waals surface area contributed by atoms with Gasteiger partial charge in [0.2, 0.25) is 11.8 Å². The third-order valence-corrected chi connectivity index (χ3v) is 7.83. The second kappa shape index (κ2) is 10.5. The van der Waals surface area contributed by atoms with Crippen molar-refractivity contribution >= 4 is 34.5 Å². The van der Waals surface area contributed by atoms with Gasteiger partial charge < -0.3 is 14.5 Å². The predicted octanol–water partition coefficient (Wildman–Crippen LogP) is 2.08. The second-order valence-corrected chi connectivity index (χ2v) is 10.1. The first-order valence-corrected chi connectivity index (χ1v) is 13.1. The van der Waals surface area contributed by atoms with Crippen LogP contribution in [-0.2, 0) is 21.4 Å². The maximum atomic E-state index is 12.4. The van der Waals surface area contributed by atoms with Gasteiger partial charge >= 0.3 is 6.09 Å². The standard InChI is InChI=1S/C26H36N6O4/c1-3-36-26(35)32-10-8-18(9-11-32)17-30-12-14-31(15-13-30)19-4-5-20-22(16-19)29(2)28-24(20)21-6-7-23(33)27-25(21)34/h4-5,16,18,21H,3,6-15,17H2,1-2H3,(H,27,33,34). The molecule has 3 saturated heterocycles. The monoisotopic (exact) mass is 496 g/mol. The molecule has 10 heteroatoms. The third kappa shape index (κ3) is 5.04. The van der Waals surface area contributed by atoms with Gasteiger partial charge in [0.15, 0.2) is 0 Å². The number of hydrogen-bond acceptors (Lipinski definition) is 7. The van der Waals surface area contributed by atoms with E-state index in [0.717, 1.165) is 75.3 Å².